The smallest absolute Gasteiger partial charge is 0.256 e. The molecule has 2 heterocycles. The van der Waals surface area contributed by atoms with Crippen LogP contribution in [0.25, 0.3) is 10.9 Å². The third kappa shape index (κ3) is 4.02. The zero-order chi connectivity index (χ0) is 20.4. The van der Waals surface area contributed by atoms with Crippen LogP contribution >= 0.6 is 11.6 Å². The van der Waals surface area contributed by atoms with Crippen LogP contribution in [0.1, 0.15) is 34.7 Å². The molecule has 1 saturated heterocycles. The number of benzene rings is 2. The first kappa shape index (κ1) is 19.9. The molecule has 152 valence electrons. The number of nitrogens with zero attached hydrogens (tertiary/aromatic N) is 2. The van der Waals surface area contributed by atoms with E-state index >= 15 is 0 Å². The van der Waals surface area contributed by atoms with Gasteiger partial charge in [0.15, 0.2) is 0 Å². The highest BCUT2D eigenvalue weighted by molar-refractivity contribution is 6.31. The van der Waals surface area contributed by atoms with Gasteiger partial charge in [0.1, 0.15) is 5.82 Å². The molecule has 3 aromatic rings. The van der Waals surface area contributed by atoms with Gasteiger partial charge in [-0.15, -0.1) is 0 Å². The minimum Gasteiger partial charge on any atom is -0.345 e. The van der Waals surface area contributed by atoms with Crippen molar-refractivity contribution in [3.05, 3.63) is 70.6 Å². The molecule has 4 nitrogen and oxygen atoms in total. The van der Waals surface area contributed by atoms with Gasteiger partial charge in [0.25, 0.3) is 5.91 Å². The molecule has 4 rings (SSSR count). The Labute approximate surface area is 175 Å². The fourth-order valence-electron chi connectivity index (χ4n) is 4.22. The van der Waals surface area contributed by atoms with E-state index in [1.165, 1.54) is 6.07 Å². The molecule has 0 atom stereocenters. The first-order chi connectivity index (χ1) is 14.1. The fraction of sp³-hybridized carbons (Fsp3) is 0.348. The predicted octanol–water partition coefficient (Wildman–Crippen LogP) is 4.67. The number of hydrogen-bond donors (Lipinski definition) is 1. The van der Waals surface area contributed by atoms with Gasteiger partial charge >= 0.3 is 0 Å². The number of fused-ring (bicyclic) bond motifs is 1. The number of hydrogen-bond acceptors (Lipinski definition) is 2. The van der Waals surface area contributed by atoms with Crippen molar-refractivity contribution in [2.24, 2.45) is 0 Å². The molecule has 0 spiro atoms. The average Bonchev–Trinajstić information content (AvgIpc) is 3.10. The second-order valence-electron chi connectivity index (χ2n) is 7.59. The van der Waals surface area contributed by atoms with Crippen molar-refractivity contribution in [1.29, 1.82) is 0 Å². The number of likely N-dealkylation sites (N-methyl/N-ethyl adjacent to an activating group) is 1. The summed E-state index contributed by atoms with van der Waals surface area (Å²) >= 11 is 6.19. The number of halogens is 2. The lowest BCUT2D eigenvalue weighted by Gasteiger charge is -2.32. The third-order valence-electron chi connectivity index (χ3n) is 5.80. The molecule has 1 N–H and O–H groups in total. The van der Waals surface area contributed by atoms with E-state index in [2.05, 4.69) is 9.88 Å². The molecule has 0 unspecified atom stereocenters. The Hall–Kier alpha value is -2.37. The molecule has 0 aliphatic carbocycles. The van der Waals surface area contributed by atoms with Gasteiger partial charge in [-0.05, 0) is 49.6 Å². The third-order valence-corrected chi connectivity index (χ3v) is 6.04. The van der Waals surface area contributed by atoms with Crippen molar-refractivity contribution < 1.29 is 9.18 Å². The van der Waals surface area contributed by atoms with Gasteiger partial charge in [-0.2, -0.15) is 0 Å². The average molecular weight is 414 g/mol. The number of likely N-dealkylation sites (tertiary alicyclic amines) is 1. The van der Waals surface area contributed by atoms with Crippen LogP contribution in [0.4, 0.5) is 4.39 Å². The lowest BCUT2D eigenvalue weighted by molar-refractivity contribution is 0.0714. The van der Waals surface area contributed by atoms with Crippen LogP contribution in [0.2, 0.25) is 5.02 Å². The Kier molecular flexibility index (Phi) is 5.88. The first-order valence-electron chi connectivity index (χ1n) is 10.0. The van der Waals surface area contributed by atoms with Crippen LogP contribution in [0.5, 0.6) is 0 Å². The monoisotopic (exact) mass is 413 g/mol. The second-order valence-corrected chi connectivity index (χ2v) is 8.03. The van der Waals surface area contributed by atoms with E-state index in [-0.39, 0.29) is 17.6 Å². The zero-order valence-corrected chi connectivity index (χ0v) is 17.3. The van der Waals surface area contributed by atoms with Crippen LogP contribution in [0, 0.1) is 5.82 Å². The van der Waals surface area contributed by atoms with Crippen LogP contribution in [-0.2, 0) is 6.54 Å². The molecule has 0 radical (unpaired) electrons. The Bertz CT molecular complexity index is 1020. The number of carbonyl (C=O) groups is 1. The molecule has 29 heavy (non-hydrogen) atoms. The largest absolute Gasteiger partial charge is 0.345 e. The van der Waals surface area contributed by atoms with E-state index in [4.69, 9.17) is 11.6 Å². The van der Waals surface area contributed by atoms with Crippen molar-refractivity contribution >= 4 is 28.4 Å². The zero-order valence-electron chi connectivity index (χ0n) is 16.5. The van der Waals surface area contributed by atoms with Crippen molar-refractivity contribution in [3.8, 4) is 0 Å². The highest BCUT2D eigenvalue weighted by Gasteiger charge is 2.27. The summed E-state index contributed by atoms with van der Waals surface area (Å²) < 4.78 is 16.2. The molecule has 2 aromatic carbocycles. The lowest BCUT2D eigenvalue weighted by Crippen LogP contribution is -2.38. The molecule has 6 heteroatoms. The van der Waals surface area contributed by atoms with Crippen LogP contribution in [0.3, 0.4) is 0 Å². The number of aromatic nitrogens is 1. The molecule has 1 aliphatic heterocycles. The molecule has 1 aliphatic rings. The predicted molar refractivity (Wildman–Crippen MR) is 115 cm³/mol. The summed E-state index contributed by atoms with van der Waals surface area (Å²) in [6, 6.07) is 12.6. The Balaban J connectivity index is 1.54. The van der Waals surface area contributed by atoms with Crippen molar-refractivity contribution in [2.75, 3.05) is 26.7 Å². The van der Waals surface area contributed by atoms with Crippen molar-refractivity contribution in [3.63, 3.8) is 0 Å². The Morgan fingerprint density at radius 3 is 2.69 bits per heavy atom. The molecule has 1 fully saturated rings. The van der Waals surface area contributed by atoms with Crippen molar-refractivity contribution in [2.45, 2.75) is 25.3 Å². The highest BCUT2D eigenvalue weighted by Crippen LogP contribution is 2.32. The number of rotatable bonds is 5. The summed E-state index contributed by atoms with van der Waals surface area (Å²) in [5.41, 5.74) is 2.44. The van der Waals surface area contributed by atoms with Crippen molar-refractivity contribution in [1.82, 2.24) is 14.8 Å². The van der Waals surface area contributed by atoms with Gasteiger partial charge in [0.05, 0.1) is 11.1 Å². The second kappa shape index (κ2) is 8.56. The normalized spacial score (nSPS) is 15.2. The molecule has 1 amide bonds. The fourth-order valence-corrected chi connectivity index (χ4v) is 4.39. The van der Waals surface area contributed by atoms with Gasteiger partial charge < -0.3 is 14.8 Å². The number of piperidine rings is 1. The molecular weight excluding hydrogens is 389 g/mol. The van der Waals surface area contributed by atoms with Crippen LogP contribution < -0.4 is 5.32 Å². The SMILES string of the molecule is CNCCn1cc(C(=O)N2CCC(c3ccccc3F)CC2)c2ccc(Cl)cc21. The lowest BCUT2D eigenvalue weighted by atomic mass is 9.89. The van der Waals surface area contributed by atoms with E-state index in [0.29, 0.717) is 23.7 Å². The number of amides is 1. The molecule has 1 aromatic heterocycles. The van der Waals surface area contributed by atoms with Gasteiger partial charge in [-0.25, -0.2) is 4.39 Å². The maximum absolute atomic E-state index is 14.1. The first-order valence-corrected chi connectivity index (χ1v) is 10.4. The van der Waals surface area contributed by atoms with Crippen LogP contribution in [0.15, 0.2) is 48.7 Å². The van der Waals surface area contributed by atoms with Crippen LogP contribution in [-0.4, -0.2) is 42.1 Å². The van der Waals surface area contributed by atoms with Gasteiger partial charge in [0.2, 0.25) is 0 Å². The summed E-state index contributed by atoms with van der Waals surface area (Å²) in [6.07, 6.45) is 3.48. The molecular formula is C23H25ClFN3O. The molecule has 0 saturated carbocycles. The number of nitrogens with one attached hydrogen (secondary N) is 1. The highest BCUT2D eigenvalue weighted by atomic mass is 35.5. The van der Waals surface area contributed by atoms with E-state index in [0.717, 1.165) is 42.4 Å². The quantitative estimate of drug-likeness (QED) is 0.659. The van der Waals surface area contributed by atoms with E-state index < -0.39 is 0 Å². The summed E-state index contributed by atoms with van der Waals surface area (Å²) in [7, 11) is 1.91. The summed E-state index contributed by atoms with van der Waals surface area (Å²) in [4.78, 5) is 15.2. The summed E-state index contributed by atoms with van der Waals surface area (Å²) in [5.74, 6) is 0.0466. The van der Waals surface area contributed by atoms with E-state index in [9.17, 15) is 9.18 Å². The standard InChI is InChI=1S/C23H25ClFN3O/c1-26-10-13-28-15-20(19-7-6-17(24)14-22(19)28)23(29)27-11-8-16(9-12-27)18-4-2-3-5-21(18)25/h2-7,14-16,26H,8-13H2,1H3. The Morgan fingerprint density at radius 2 is 1.97 bits per heavy atom. The topological polar surface area (TPSA) is 37.3 Å². The van der Waals surface area contributed by atoms with Gasteiger partial charge in [-0.1, -0.05) is 35.9 Å². The number of carbonyl (C=O) groups excluding carboxylic acids is 1. The minimum atomic E-state index is -0.151. The maximum atomic E-state index is 14.1. The summed E-state index contributed by atoms with van der Waals surface area (Å²) in [5, 5.41) is 4.72. The van der Waals surface area contributed by atoms with E-state index in [1.807, 2.05) is 48.5 Å². The maximum Gasteiger partial charge on any atom is 0.256 e. The summed E-state index contributed by atoms with van der Waals surface area (Å²) in [6.45, 7) is 2.83. The minimum absolute atomic E-state index is 0.0347. The van der Waals surface area contributed by atoms with Gasteiger partial charge in [0, 0.05) is 42.8 Å². The van der Waals surface area contributed by atoms with Gasteiger partial charge in [-0.3, -0.25) is 4.79 Å². The Morgan fingerprint density at radius 1 is 1.21 bits per heavy atom. The molecule has 0 bridgehead atoms. The van der Waals surface area contributed by atoms with E-state index in [1.54, 1.807) is 6.07 Å².